The van der Waals surface area contributed by atoms with E-state index in [0.29, 0.717) is 19.3 Å². The Bertz CT molecular complexity index is 1570. The van der Waals surface area contributed by atoms with Gasteiger partial charge in [-0.25, -0.2) is 0 Å². The van der Waals surface area contributed by atoms with Crippen molar-refractivity contribution < 1.29 is 28.6 Å². The first-order valence-corrected chi connectivity index (χ1v) is 32.9. The van der Waals surface area contributed by atoms with Crippen molar-refractivity contribution in [3.8, 4) is 0 Å². The van der Waals surface area contributed by atoms with Gasteiger partial charge in [0.15, 0.2) is 6.10 Å². The molecule has 0 amide bonds. The number of esters is 3. The van der Waals surface area contributed by atoms with Gasteiger partial charge < -0.3 is 14.2 Å². The minimum absolute atomic E-state index is 0.106. The molecule has 446 valence electrons. The van der Waals surface area contributed by atoms with E-state index < -0.39 is 12.1 Å². The van der Waals surface area contributed by atoms with Crippen LogP contribution in [0.5, 0.6) is 0 Å². The van der Waals surface area contributed by atoms with Gasteiger partial charge in [-0.1, -0.05) is 291 Å². The van der Waals surface area contributed by atoms with Gasteiger partial charge in [-0.05, 0) is 109 Å². The van der Waals surface area contributed by atoms with Crippen molar-refractivity contribution in [3.63, 3.8) is 0 Å². The lowest BCUT2D eigenvalue weighted by atomic mass is 10.0. The summed E-state index contributed by atoms with van der Waals surface area (Å²) in [6.45, 7) is 6.33. The highest BCUT2D eigenvalue weighted by atomic mass is 16.6. The molecule has 0 aliphatic heterocycles. The summed E-state index contributed by atoms with van der Waals surface area (Å²) in [5.41, 5.74) is 0. The zero-order valence-electron chi connectivity index (χ0n) is 51.2. The van der Waals surface area contributed by atoms with Gasteiger partial charge in [-0.15, -0.1) is 0 Å². The summed E-state index contributed by atoms with van der Waals surface area (Å²) in [4.78, 5) is 38.1. The Morgan fingerprint density at radius 3 is 0.846 bits per heavy atom. The molecule has 6 nitrogen and oxygen atoms in total. The van der Waals surface area contributed by atoms with Crippen LogP contribution in [-0.4, -0.2) is 37.2 Å². The van der Waals surface area contributed by atoms with Crippen LogP contribution in [-0.2, 0) is 28.6 Å². The summed E-state index contributed by atoms with van der Waals surface area (Å²) in [7, 11) is 0. The quantitative estimate of drug-likeness (QED) is 0.0261. The summed E-state index contributed by atoms with van der Waals surface area (Å²) < 4.78 is 16.8. The smallest absolute Gasteiger partial charge is 0.306 e. The lowest BCUT2D eigenvalue weighted by Crippen LogP contribution is -2.30. The molecule has 0 radical (unpaired) electrons. The molecule has 0 saturated carbocycles. The number of hydrogen-bond donors (Lipinski definition) is 0. The zero-order valence-corrected chi connectivity index (χ0v) is 51.2. The molecule has 0 saturated heterocycles. The minimum Gasteiger partial charge on any atom is -0.462 e. The van der Waals surface area contributed by atoms with Gasteiger partial charge in [-0.2, -0.15) is 0 Å². The Balaban J connectivity index is 4.08. The fourth-order valence-corrected chi connectivity index (χ4v) is 9.15. The highest BCUT2D eigenvalue weighted by Crippen LogP contribution is 2.17. The van der Waals surface area contributed by atoms with E-state index in [-0.39, 0.29) is 31.6 Å². The van der Waals surface area contributed by atoms with Gasteiger partial charge in [0.25, 0.3) is 0 Å². The summed E-state index contributed by atoms with van der Waals surface area (Å²) in [6.07, 6.45) is 90.1. The van der Waals surface area contributed by atoms with E-state index in [1.54, 1.807) is 0 Å². The monoisotopic (exact) mass is 1080 g/mol. The highest BCUT2D eigenvalue weighted by molar-refractivity contribution is 5.71. The first-order valence-electron chi connectivity index (χ1n) is 32.9. The molecule has 0 spiro atoms. The van der Waals surface area contributed by atoms with Crippen molar-refractivity contribution in [3.05, 3.63) is 109 Å². The summed E-state index contributed by atoms with van der Waals surface area (Å²) in [5.74, 6) is -0.991. The highest BCUT2D eigenvalue weighted by Gasteiger charge is 2.19. The normalized spacial score (nSPS) is 12.8. The van der Waals surface area contributed by atoms with E-state index in [0.717, 1.165) is 103 Å². The maximum absolute atomic E-state index is 12.8. The van der Waals surface area contributed by atoms with E-state index in [2.05, 4.69) is 124 Å². The van der Waals surface area contributed by atoms with Crippen molar-refractivity contribution in [1.29, 1.82) is 0 Å². The summed E-state index contributed by atoms with van der Waals surface area (Å²) in [6, 6.07) is 0. The fourth-order valence-electron chi connectivity index (χ4n) is 9.15. The number of carbonyl (C=O) groups excluding carboxylic acids is 3. The van der Waals surface area contributed by atoms with Crippen molar-refractivity contribution in [2.75, 3.05) is 13.2 Å². The van der Waals surface area contributed by atoms with Crippen LogP contribution in [0.4, 0.5) is 0 Å². The lowest BCUT2D eigenvalue weighted by molar-refractivity contribution is -0.166. The van der Waals surface area contributed by atoms with Crippen LogP contribution in [0, 0.1) is 0 Å². The van der Waals surface area contributed by atoms with Gasteiger partial charge in [0, 0.05) is 19.3 Å². The molecule has 1 unspecified atom stereocenters. The molecular formula is C72H122O6. The Morgan fingerprint density at radius 1 is 0.269 bits per heavy atom. The third kappa shape index (κ3) is 62.9. The molecule has 0 rings (SSSR count). The van der Waals surface area contributed by atoms with E-state index in [9.17, 15) is 14.4 Å². The van der Waals surface area contributed by atoms with E-state index in [1.165, 1.54) is 161 Å². The van der Waals surface area contributed by atoms with Crippen molar-refractivity contribution in [2.24, 2.45) is 0 Å². The Morgan fingerprint density at radius 2 is 0.526 bits per heavy atom. The first kappa shape index (κ1) is 74.1. The van der Waals surface area contributed by atoms with Gasteiger partial charge >= 0.3 is 17.9 Å². The van der Waals surface area contributed by atoms with Crippen molar-refractivity contribution in [1.82, 2.24) is 0 Å². The lowest BCUT2D eigenvalue weighted by Gasteiger charge is -2.18. The minimum atomic E-state index is -0.818. The van der Waals surface area contributed by atoms with Crippen LogP contribution in [0.2, 0.25) is 0 Å². The fraction of sp³-hybridized carbons (Fsp3) is 0.708. The third-order valence-corrected chi connectivity index (χ3v) is 14.0. The van der Waals surface area contributed by atoms with Crippen molar-refractivity contribution in [2.45, 2.75) is 316 Å². The molecule has 0 aliphatic carbocycles. The van der Waals surface area contributed by atoms with Crippen LogP contribution in [0.1, 0.15) is 310 Å². The molecule has 78 heavy (non-hydrogen) atoms. The van der Waals surface area contributed by atoms with Crippen molar-refractivity contribution >= 4 is 17.9 Å². The number of allylic oxidation sites excluding steroid dienone is 18. The Labute approximate surface area is 482 Å². The second kappa shape index (κ2) is 65.6. The maximum Gasteiger partial charge on any atom is 0.306 e. The molecule has 0 heterocycles. The number of hydrogen-bond acceptors (Lipinski definition) is 6. The largest absolute Gasteiger partial charge is 0.462 e. The Kier molecular flexibility index (Phi) is 62.3. The van der Waals surface area contributed by atoms with E-state index in [1.807, 2.05) is 6.08 Å². The number of rotatable bonds is 59. The van der Waals surface area contributed by atoms with Crippen LogP contribution in [0.25, 0.3) is 0 Å². The average molecular weight is 1080 g/mol. The van der Waals surface area contributed by atoms with Crippen LogP contribution >= 0.6 is 0 Å². The van der Waals surface area contributed by atoms with E-state index >= 15 is 0 Å². The topological polar surface area (TPSA) is 78.9 Å². The van der Waals surface area contributed by atoms with E-state index in [4.69, 9.17) is 14.2 Å². The number of carbonyl (C=O) groups is 3. The third-order valence-electron chi connectivity index (χ3n) is 14.0. The molecular weight excluding hydrogens is 961 g/mol. The predicted octanol–water partition coefficient (Wildman–Crippen LogP) is 22.6. The summed E-state index contributed by atoms with van der Waals surface area (Å²) in [5, 5.41) is 0. The predicted molar refractivity (Wildman–Crippen MR) is 339 cm³/mol. The van der Waals surface area contributed by atoms with Crippen LogP contribution in [0.15, 0.2) is 109 Å². The standard InChI is InChI=1S/C72H122O6/c1-4-7-10-13-16-19-22-25-26-27-28-29-30-31-32-33-34-35-36-37-38-39-40-41-42-43-44-45-46-48-50-53-56-59-62-65-71(74)77-68-69(67-76-70(73)64-61-58-55-52-49-24-21-18-15-12-9-6-3)78-72(75)66-63-60-57-54-51-47-23-20-17-14-11-8-5-2/h7-8,10-11,16-21,25-26,28-29,47,51,57,60,69H,4-6,9,12-15,22-24,27,30-46,48-50,52-56,58-59,61-68H2,1-3H3/b10-7-,11-8-,19-16-,20-17-,21-18-,26-25-,29-28-,51-47-,60-57-. The molecule has 0 bridgehead atoms. The zero-order chi connectivity index (χ0) is 56.4. The molecule has 0 N–H and O–H groups in total. The Hall–Kier alpha value is -3.93. The first-order chi connectivity index (χ1) is 38.5. The molecule has 0 aromatic heterocycles. The number of unbranched alkanes of at least 4 members (excludes halogenated alkanes) is 30. The van der Waals surface area contributed by atoms with Crippen LogP contribution < -0.4 is 0 Å². The van der Waals surface area contributed by atoms with Gasteiger partial charge in [0.2, 0.25) is 0 Å². The van der Waals surface area contributed by atoms with Gasteiger partial charge in [0.1, 0.15) is 13.2 Å². The summed E-state index contributed by atoms with van der Waals surface area (Å²) >= 11 is 0. The molecule has 0 aromatic carbocycles. The molecule has 0 aromatic rings. The number of ether oxygens (including phenoxy) is 3. The van der Waals surface area contributed by atoms with Gasteiger partial charge in [-0.3, -0.25) is 14.4 Å². The second-order valence-corrected chi connectivity index (χ2v) is 21.6. The molecule has 0 fully saturated rings. The molecule has 0 aliphatic rings. The molecule has 6 heteroatoms. The van der Waals surface area contributed by atoms with Crippen LogP contribution in [0.3, 0.4) is 0 Å². The SMILES string of the molecule is CC/C=C\C/C=C\C/C=C\C/C=C\CCCCCCCCCCCCCCCCCCCCCCCCC(=O)OCC(COC(=O)CCCCCCC/C=C\CCCCC)OC(=O)CC/C=C\C/C=C\C/C=C\C/C=C\CC. The second-order valence-electron chi connectivity index (χ2n) is 21.6. The molecule has 1 atom stereocenters. The average Bonchev–Trinajstić information content (AvgIpc) is 3.44. The van der Waals surface area contributed by atoms with Gasteiger partial charge in [0.05, 0.1) is 0 Å². The maximum atomic E-state index is 12.8.